The highest BCUT2D eigenvalue weighted by Crippen LogP contribution is 2.19. The number of nitrogens with zero attached hydrogens (tertiary/aromatic N) is 1. The molecule has 0 aliphatic carbocycles. The molecule has 0 aromatic rings. The normalized spacial score (nSPS) is 17.9. The Balaban J connectivity index is 2.46. The summed E-state index contributed by atoms with van der Waals surface area (Å²) < 4.78 is 5.46. The Hall–Kier alpha value is -0.610. The molecular formula is C17H34N2O2. The minimum Gasteiger partial charge on any atom is -0.379 e. The largest absolute Gasteiger partial charge is 0.379 e. The van der Waals surface area contributed by atoms with Gasteiger partial charge in [0.1, 0.15) is 0 Å². The topological polar surface area (TPSA) is 41.6 Å². The van der Waals surface area contributed by atoms with Crippen molar-refractivity contribution < 1.29 is 9.53 Å². The van der Waals surface area contributed by atoms with Crippen molar-refractivity contribution in [1.29, 1.82) is 0 Å². The van der Waals surface area contributed by atoms with Gasteiger partial charge in [0.2, 0.25) is 5.91 Å². The van der Waals surface area contributed by atoms with Gasteiger partial charge in [0.25, 0.3) is 0 Å². The molecule has 124 valence electrons. The highest BCUT2D eigenvalue weighted by molar-refractivity contribution is 5.75. The van der Waals surface area contributed by atoms with E-state index in [1.54, 1.807) is 0 Å². The molecule has 21 heavy (non-hydrogen) atoms. The van der Waals surface area contributed by atoms with E-state index in [1.807, 2.05) is 0 Å². The van der Waals surface area contributed by atoms with E-state index in [0.717, 1.165) is 52.1 Å². The Morgan fingerprint density at radius 2 is 1.81 bits per heavy atom. The van der Waals surface area contributed by atoms with E-state index in [9.17, 15) is 4.79 Å². The van der Waals surface area contributed by atoms with Gasteiger partial charge in [-0.1, -0.05) is 46.5 Å². The first kappa shape index (κ1) is 18.4. The maximum atomic E-state index is 12.0. The van der Waals surface area contributed by atoms with Crippen molar-refractivity contribution in [2.75, 3.05) is 32.8 Å². The number of morpholine rings is 1. The second-order valence-electron chi connectivity index (χ2n) is 6.05. The van der Waals surface area contributed by atoms with Crippen LogP contribution in [-0.4, -0.2) is 49.7 Å². The van der Waals surface area contributed by atoms with Gasteiger partial charge in [-0.2, -0.15) is 0 Å². The summed E-state index contributed by atoms with van der Waals surface area (Å²) in [4.78, 5) is 14.5. The highest BCUT2D eigenvalue weighted by Gasteiger charge is 2.27. The van der Waals surface area contributed by atoms with Crippen molar-refractivity contribution in [1.82, 2.24) is 10.2 Å². The molecule has 0 aromatic heterocycles. The van der Waals surface area contributed by atoms with Crippen LogP contribution in [0.5, 0.6) is 0 Å². The van der Waals surface area contributed by atoms with Crippen LogP contribution in [0, 0.1) is 5.92 Å². The summed E-state index contributed by atoms with van der Waals surface area (Å²) >= 11 is 0. The van der Waals surface area contributed by atoms with E-state index < -0.39 is 0 Å². The van der Waals surface area contributed by atoms with Crippen LogP contribution in [0.1, 0.15) is 59.3 Å². The first-order valence-electron chi connectivity index (χ1n) is 8.81. The molecule has 4 nitrogen and oxygen atoms in total. The van der Waals surface area contributed by atoms with Crippen LogP contribution in [0.15, 0.2) is 0 Å². The predicted octanol–water partition coefficient (Wildman–Crippen LogP) is 2.82. The third-order valence-corrected chi connectivity index (χ3v) is 4.62. The minimum absolute atomic E-state index is 0.215. The van der Waals surface area contributed by atoms with E-state index in [1.165, 1.54) is 12.8 Å². The molecule has 4 heteroatoms. The average Bonchev–Trinajstić information content (AvgIpc) is 2.52. The maximum Gasteiger partial charge on any atom is 0.220 e. The number of unbranched alkanes of at least 4 members (excludes halogenated alkanes) is 2. The van der Waals surface area contributed by atoms with Crippen LogP contribution in [0.4, 0.5) is 0 Å². The van der Waals surface area contributed by atoms with Gasteiger partial charge in [0.15, 0.2) is 0 Å². The van der Waals surface area contributed by atoms with Gasteiger partial charge < -0.3 is 10.1 Å². The Kier molecular flexibility index (Phi) is 9.68. The maximum absolute atomic E-state index is 12.0. The monoisotopic (exact) mass is 298 g/mol. The molecule has 0 spiro atoms. The number of nitrogens with one attached hydrogen (secondary N) is 1. The van der Waals surface area contributed by atoms with Gasteiger partial charge in [-0.3, -0.25) is 9.69 Å². The lowest BCUT2D eigenvalue weighted by Gasteiger charge is -2.38. The fourth-order valence-electron chi connectivity index (χ4n) is 3.18. The number of carbonyl (C=O) groups excluding carboxylic acids is 1. The second kappa shape index (κ2) is 11.0. The zero-order chi connectivity index (χ0) is 15.5. The molecule has 0 aromatic carbocycles. The predicted molar refractivity (Wildman–Crippen MR) is 87.4 cm³/mol. The number of ether oxygens (including phenoxy) is 1. The molecule has 1 amide bonds. The van der Waals surface area contributed by atoms with Crippen molar-refractivity contribution in [2.24, 2.45) is 5.92 Å². The third kappa shape index (κ3) is 6.79. The number of carbonyl (C=O) groups is 1. The lowest BCUT2D eigenvalue weighted by molar-refractivity contribution is -0.121. The average molecular weight is 298 g/mol. The quantitative estimate of drug-likeness (QED) is 0.631. The lowest BCUT2D eigenvalue weighted by atomic mass is 9.92. The molecule has 1 aliphatic heterocycles. The zero-order valence-corrected chi connectivity index (χ0v) is 14.2. The standard InChI is InChI=1S/C17H34N2O2/c1-4-7-8-9-17(20)18-14-16(15(5-2)6-3)19-10-12-21-13-11-19/h15-16H,4-14H2,1-3H3,(H,18,20). The van der Waals surface area contributed by atoms with Gasteiger partial charge >= 0.3 is 0 Å². The first-order chi connectivity index (χ1) is 10.2. The number of hydrogen-bond donors (Lipinski definition) is 1. The summed E-state index contributed by atoms with van der Waals surface area (Å²) in [6, 6.07) is 0.457. The molecule has 0 saturated carbocycles. The van der Waals surface area contributed by atoms with Gasteiger partial charge in [-0.25, -0.2) is 0 Å². The van der Waals surface area contributed by atoms with E-state index in [-0.39, 0.29) is 5.91 Å². The molecule has 0 radical (unpaired) electrons. The summed E-state index contributed by atoms with van der Waals surface area (Å²) in [5, 5.41) is 3.17. The van der Waals surface area contributed by atoms with E-state index in [0.29, 0.717) is 18.4 Å². The molecule has 1 fully saturated rings. The number of hydrogen-bond acceptors (Lipinski definition) is 3. The Labute approximate surface area is 130 Å². The molecule has 1 unspecified atom stereocenters. The number of rotatable bonds is 10. The highest BCUT2D eigenvalue weighted by atomic mass is 16.5. The zero-order valence-electron chi connectivity index (χ0n) is 14.2. The van der Waals surface area contributed by atoms with Gasteiger partial charge in [0.05, 0.1) is 13.2 Å². The van der Waals surface area contributed by atoms with Crippen LogP contribution >= 0.6 is 0 Å². The van der Waals surface area contributed by atoms with Gasteiger partial charge in [0, 0.05) is 32.1 Å². The Bertz CT molecular complexity index is 274. The van der Waals surface area contributed by atoms with Crippen molar-refractivity contribution in [3.8, 4) is 0 Å². The van der Waals surface area contributed by atoms with E-state index >= 15 is 0 Å². The minimum atomic E-state index is 0.215. The summed E-state index contributed by atoms with van der Waals surface area (Å²) in [7, 11) is 0. The molecule has 1 saturated heterocycles. The Morgan fingerprint density at radius 1 is 1.14 bits per heavy atom. The van der Waals surface area contributed by atoms with Crippen LogP contribution in [-0.2, 0) is 9.53 Å². The molecule has 1 heterocycles. The SMILES string of the molecule is CCCCCC(=O)NCC(C(CC)CC)N1CCOCC1. The first-order valence-corrected chi connectivity index (χ1v) is 8.81. The van der Waals surface area contributed by atoms with Crippen molar-refractivity contribution >= 4 is 5.91 Å². The summed E-state index contributed by atoms with van der Waals surface area (Å²) in [5.74, 6) is 0.867. The molecule has 1 aliphatic rings. The van der Waals surface area contributed by atoms with Crippen LogP contribution < -0.4 is 5.32 Å². The fraction of sp³-hybridized carbons (Fsp3) is 0.941. The summed E-state index contributed by atoms with van der Waals surface area (Å²) in [5.41, 5.74) is 0. The van der Waals surface area contributed by atoms with Crippen molar-refractivity contribution in [3.63, 3.8) is 0 Å². The van der Waals surface area contributed by atoms with Crippen molar-refractivity contribution in [3.05, 3.63) is 0 Å². The van der Waals surface area contributed by atoms with E-state index in [2.05, 4.69) is 31.0 Å². The van der Waals surface area contributed by atoms with E-state index in [4.69, 9.17) is 4.74 Å². The molecule has 1 rings (SSSR count). The molecular weight excluding hydrogens is 264 g/mol. The second-order valence-corrected chi connectivity index (χ2v) is 6.05. The van der Waals surface area contributed by atoms with Gasteiger partial charge in [-0.05, 0) is 12.3 Å². The smallest absolute Gasteiger partial charge is 0.220 e. The van der Waals surface area contributed by atoms with Crippen LogP contribution in [0.2, 0.25) is 0 Å². The molecule has 1 N–H and O–H groups in total. The van der Waals surface area contributed by atoms with Crippen molar-refractivity contribution in [2.45, 2.75) is 65.3 Å². The van der Waals surface area contributed by atoms with Crippen LogP contribution in [0.25, 0.3) is 0 Å². The Morgan fingerprint density at radius 3 is 2.38 bits per heavy atom. The lowest BCUT2D eigenvalue weighted by Crippen LogP contribution is -2.52. The third-order valence-electron chi connectivity index (χ3n) is 4.62. The van der Waals surface area contributed by atoms with Gasteiger partial charge in [-0.15, -0.1) is 0 Å². The summed E-state index contributed by atoms with van der Waals surface area (Å²) in [6.45, 7) is 11.1. The number of amides is 1. The molecule has 0 bridgehead atoms. The summed E-state index contributed by atoms with van der Waals surface area (Å²) in [6.07, 6.45) is 6.33. The van der Waals surface area contributed by atoms with Crippen LogP contribution in [0.3, 0.4) is 0 Å². The molecule has 1 atom stereocenters. The fourth-order valence-corrected chi connectivity index (χ4v) is 3.18.